The molecular formula is C49H64ClN5O8S. The first-order valence-corrected chi connectivity index (χ1v) is 24.4. The Morgan fingerprint density at radius 1 is 1.03 bits per heavy atom. The van der Waals surface area contributed by atoms with E-state index in [-0.39, 0.29) is 49.5 Å². The van der Waals surface area contributed by atoms with Gasteiger partial charge in [-0.05, 0) is 66.9 Å². The number of rotatable bonds is 18. The maximum absolute atomic E-state index is 15.0. The summed E-state index contributed by atoms with van der Waals surface area (Å²) < 4.78 is 24.3. The van der Waals surface area contributed by atoms with E-state index in [0.29, 0.717) is 69.6 Å². The van der Waals surface area contributed by atoms with Gasteiger partial charge in [-0.15, -0.1) is 17.9 Å². The molecule has 0 bridgehead atoms. The first kappa shape index (κ1) is 46.4. The summed E-state index contributed by atoms with van der Waals surface area (Å²) in [5, 5.41) is 7.35. The molecule has 5 aliphatic rings. The monoisotopic (exact) mass is 917 g/mol. The van der Waals surface area contributed by atoms with Crippen molar-refractivity contribution in [3.05, 3.63) is 46.3 Å². The number of carbonyl (C=O) groups excluding carboxylic acids is 4. The van der Waals surface area contributed by atoms with Crippen LogP contribution >= 0.6 is 22.9 Å². The van der Waals surface area contributed by atoms with Crippen molar-refractivity contribution < 1.29 is 38.1 Å². The minimum atomic E-state index is -1.03. The van der Waals surface area contributed by atoms with E-state index >= 15 is 0 Å². The van der Waals surface area contributed by atoms with Crippen LogP contribution in [0, 0.1) is 40.4 Å². The van der Waals surface area contributed by atoms with Gasteiger partial charge in [-0.25, -0.2) is 9.97 Å². The highest BCUT2D eigenvalue weighted by Gasteiger charge is 2.61. The van der Waals surface area contributed by atoms with Crippen molar-refractivity contribution >= 4 is 57.5 Å². The molecule has 2 saturated heterocycles. The quantitative estimate of drug-likeness (QED) is 0.0992. The summed E-state index contributed by atoms with van der Waals surface area (Å²) in [6.45, 7) is 19.1. The number of likely N-dealkylation sites (tertiary alicyclic amines) is 1. The van der Waals surface area contributed by atoms with Crippen molar-refractivity contribution in [2.24, 2.45) is 40.4 Å². The zero-order valence-corrected chi connectivity index (χ0v) is 39.7. The van der Waals surface area contributed by atoms with Crippen LogP contribution in [0.2, 0.25) is 5.02 Å². The van der Waals surface area contributed by atoms with Gasteiger partial charge in [0.1, 0.15) is 35.3 Å². The Labute approximate surface area is 386 Å². The van der Waals surface area contributed by atoms with Gasteiger partial charge in [0.05, 0.1) is 59.4 Å². The number of nitrogens with zero attached hydrogens (tertiary/aromatic N) is 4. The van der Waals surface area contributed by atoms with E-state index in [4.69, 9.17) is 40.5 Å². The molecule has 13 nitrogen and oxygen atoms in total. The van der Waals surface area contributed by atoms with Gasteiger partial charge in [0, 0.05) is 68.8 Å². The first-order valence-electron chi connectivity index (χ1n) is 23.1. The van der Waals surface area contributed by atoms with Gasteiger partial charge in [0.15, 0.2) is 5.78 Å². The van der Waals surface area contributed by atoms with Crippen LogP contribution in [0.15, 0.2) is 36.2 Å². The zero-order chi connectivity index (χ0) is 45.5. The number of piperazine rings is 1. The first-order chi connectivity index (χ1) is 30.6. The van der Waals surface area contributed by atoms with Gasteiger partial charge in [-0.2, -0.15) is 0 Å². The Morgan fingerprint density at radius 3 is 2.45 bits per heavy atom. The maximum atomic E-state index is 15.0. The third kappa shape index (κ3) is 10.1. The lowest BCUT2D eigenvalue weighted by Gasteiger charge is -2.35. The second-order valence-corrected chi connectivity index (χ2v) is 21.5. The summed E-state index contributed by atoms with van der Waals surface area (Å²) in [7, 11) is 1.32. The number of amides is 1. The molecule has 3 aliphatic carbocycles. The number of ketones is 1. The number of ether oxygens (including phenoxy) is 4. The standard InChI is InChI=1S/C49H64ClN5O8S/c1-8-31-24-49(31,47(59)60-7)25-39(56)38-21-33(26-55(38)46(58)35(48(4,5)6)22-43(57)63-32-19-29-18-30(29)20-32)62-41-23-36(37-27-64-42(52-37)17-28(2)3)53-45-34(41)9-10-40(44(45)50)61-16-15-54-13-11-51-12-14-54/h8-10,23,27-33,35,38,51H,1,11-22,24-26H2,2-7H3/t29-,30+,31-,32?,33-,35-,38+,49?/m1/s1. The second kappa shape index (κ2) is 19.0. The van der Waals surface area contributed by atoms with Crippen molar-refractivity contribution in [3.63, 3.8) is 0 Å². The maximum Gasteiger partial charge on any atom is 0.312 e. The molecule has 15 heteroatoms. The molecule has 4 heterocycles. The Morgan fingerprint density at radius 2 is 1.78 bits per heavy atom. The third-order valence-corrected chi connectivity index (χ3v) is 15.3. The number of halogens is 1. The lowest BCUT2D eigenvalue weighted by molar-refractivity contribution is -0.157. The summed E-state index contributed by atoms with van der Waals surface area (Å²) in [4.78, 5) is 70.2. The van der Waals surface area contributed by atoms with Crippen molar-refractivity contribution in [3.8, 4) is 22.9 Å². The number of benzene rings is 1. The molecule has 64 heavy (non-hydrogen) atoms. The van der Waals surface area contributed by atoms with Crippen molar-refractivity contribution in [1.29, 1.82) is 0 Å². The molecule has 1 amide bonds. The van der Waals surface area contributed by atoms with Crippen LogP contribution < -0.4 is 14.8 Å². The number of pyridine rings is 1. The average Bonchev–Trinajstić information content (AvgIpc) is 3.92. The predicted molar refractivity (Wildman–Crippen MR) is 246 cm³/mol. The van der Waals surface area contributed by atoms with Crippen LogP contribution in [0.4, 0.5) is 0 Å². The molecule has 3 saturated carbocycles. The van der Waals surface area contributed by atoms with Gasteiger partial charge >= 0.3 is 11.9 Å². The molecule has 0 radical (unpaired) electrons. The van der Waals surface area contributed by atoms with Crippen LogP contribution in [0.5, 0.6) is 11.5 Å². The molecule has 5 fully saturated rings. The largest absolute Gasteiger partial charge is 0.491 e. The summed E-state index contributed by atoms with van der Waals surface area (Å²) >= 11 is 8.74. The number of fused-ring (bicyclic) bond motifs is 2. The van der Waals surface area contributed by atoms with Crippen LogP contribution in [0.1, 0.15) is 84.6 Å². The fourth-order valence-corrected chi connectivity index (χ4v) is 11.4. The molecule has 346 valence electrons. The molecule has 1 N–H and O–H groups in total. The SMILES string of the molecule is C=C[C@@H]1CC1(CC(=O)[C@@H]1C[C@@H](Oc2cc(-c3csc(CC(C)C)n3)nc3c(Cl)c(OCCN4CCNCC4)ccc23)CN1C(=O)[C@@H](CC(=O)OC1C[C@@H]2C[C@@H]2C1)C(C)(C)C)C(=O)OC. The van der Waals surface area contributed by atoms with E-state index in [1.165, 1.54) is 13.5 Å². The minimum Gasteiger partial charge on any atom is -0.491 e. The molecule has 3 aromatic rings. The van der Waals surface area contributed by atoms with Crippen LogP contribution in [-0.4, -0.2) is 115 Å². The second-order valence-electron chi connectivity index (χ2n) is 20.2. The number of hydrogen-bond acceptors (Lipinski definition) is 13. The molecule has 2 unspecified atom stereocenters. The number of methoxy groups -OCH3 is 1. The number of thiazole rings is 1. The summed E-state index contributed by atoms with van der Waals surface area (Å²) in [5.41, 5.74) is 0.0744. The van der Waals surface area contributed by atoms with E-state index in [1.807, 2.05) is 44.4 Å². The van der Waals surface area contributed by atoms with Gasteiger partial charge in [0.25, 0.3) is 0 Å². The third-order valence-electron chi connectivity index (χ3n) is 14.0. The van der Waals surface area contributed by atoms with E-state index in [0.717, 1.165) is 57.0 Å². The van der Waals surface area contributed by atoms with Crippen LogP contribution in [0.25, 0.3) is 22.3 Å². The van der Waals surface area contributed by atoms with Gasteiger partial charge in [-0.1, -0.05) is 52.3 Å². The van der Waals surface area contributed by atoms with Gasteiger partial charge in [0.2, 0.25) is 5.91 Å². The van der Waals surface area contributed by atoms with Crippen molar-refractivity contribution in [2.45, 2.75) is 104 Å². The van der Waals surface area contributed by atoms with Gasteiger partial charge in [-0.3, -0.25) is 24.1 Å². The van der Waals surface area contributed by atoms with E-state index in [2.05, 4.69) is 30.6 Å². The molecule has 8 rings (SSSR count). The van der Waals surface area contributed by atoms with Crippen LogP contribution in [-0.2, 0) is 35.1 Å². The van der Waals surface area contributed by atoms with Crippen LogP contribution in [0.3, 0.4) is 0 Å². The Hall–Kier alpha value is -4.11. The summed E-state index contributed by atoms with van der Waals surface area (Å²) in [6.07, 6.45) is 5.12. The highest BCUT2D eigenvalue weighted by molar-refractivity contribution is 7.09. The molecule has 2 aliphatic heterocycles. The lowest BCUT2D eigenvalue weighted by Crippen LogP contribution is -2.48. The topological polar surface area (TPSA) is 149 Å². The normalized spacial score (nSPS) is 27.0. The zero-order valence-electron chi connectivity index (χ0n) is 38.2. The number of allylic oxidation sites excluding steroid dienone is 1. The number of carbonyl (C=O) groups is 4. The highest BCUT2D eigenvalue weighted by Crippen LogP contribution is 2.57. The molecule has 2 aromatic heterocycles. The van der Waals surface area contributed by atoms with E-state index in [9.17, 15) is 19.2 Å². The fourth-order valence-electron chi connectivity index (χ4n) is 10.2. The van der Waals surface area contributed by atoms with Crippen molar-refractivity contribution in [1.82, 2.24) is 25.1 Å². The van der Waals surface area contributed by atoms with E-state index in [1.54, 1.807) is 22.3 Å². The highest BCUT2D eigenvalue weighted by atomic mass is 35.5. The molecule has 1 aromatic carbocycles. The summed E-state index contributed by atoms with van der Waals surface area (Å²) in [6, 6.07) is 4.65. The summed E-state index contributed by atoms with van der Waals surface area (Å²) in [5.74, 6) is 0.255. The van der Waals surface area contributed by atoms with Crippen molar-refractivity contribution in [2.75, 3.05) is 53.0 Å². The molecule has 8 atom stereocenters. The average molecular weight is 919 g/mol. The Balaban J connectivity index is 1.10. The number of Topliss-reactive ketones (excluding diaryl/α,β-unsaturated/α-hetero) is 1. The van der Waals surface area contributed by atoms with Gasteiger partial charge < -0.3 is 29.2 Å². The molecule has 0 spiro atoms. The van der Waals surface area contributed by atoms with E-state index < -0.39 is 40.8 Å². The molecular weight excluding hydrogens is 854 g/mol. The Kier molecular flexibility index (Phi) is 13.8. The number of nitrogens with one attached hydrogen (secondary N) is 1. The minimum absolute atomic E-state index is 0.0777. The smallest absolute Gasteiger partial charge is 0.312 e. The Bertz CT molecular complexity index is 2240. The number of hydrogen-bond donors (Lipinski definition) is 1. The predicted octanol–water partition coefficient (Wildman–Crippen LogP) is 7.56. The fraction of sp³-hybridized carbons (Fsp3) is 0.633. The lowest BCUT2D eigenvalue weighted by atomic mass is 9.77. The number of esters is 2. The number of aromatic nitrogens is 2.